The summed E-state index contributed by atoms with van der Waals surface area (Å²) < 4.78 is 5.01. The minimum atomic E-state index is -0.280. The molecule has 0 saturated carbocycles. The van der Waals surface area contributed by atoms with Gasteiger partial charge in [-0.3, -0.25) is 0 Å². The van der Waals surface area contributed by atoms with Crippen LogP contribution in [0.3, 0.4) is 0 Å². The third-order valence-electron chi connectivity index (χ3n) is 2.93. The van der Waals surface area contributed by atoms with Crippen molar-refractivity contribution in [2.45, 2.75) is 25.5 Å². The van der Waals surface area contributed by atoms with E-state index in [0.717, 1.165) is 0 Å². The largest absolute Gasteiger partial charge is 0.463 e. The van der Waals surface area contributed by atoms with E-state index in [4.69, 9.17) is 10.5 Å². The number of aryl methyl sites for hydroxylation is 1. The molecule has 0 aliphatic carbocycles. The average Bonchev–Trinajstić information content (AvgIpc) is 2.72. The van der Waals surface area contributed by atoms with Crippen LogP contribution in [0.5, 0.6) is 0 Å². The van der Waals surface area contributed by atoms with Crippen LogP contribution in [0, 0.1) is 6.92 Å². The van der Waals surface area contributed by atoms with Crippen LogP contribution in [0.4, 0.5) is 0 Å². The molecule has 0 saturated heterocycles. The third-order valence-corrected chi connectivity index (χ3v) is 4.15. The SMILES string of the molecule is CCOC(=O)C1=C(N)SC(c2ccc(C)cc2)C1. The van der Waals surface area contributed by atoms with E-state index in [2.05, 4.69) is 31.2 Å². The predicted molar refractivity (Wildman–Crippen MR) is 74.0 cm³/mol. The topological polar surface area (TPSA) is 52.3 Å². The van der Waals surface area contributed by atoms with Crippen LogP contribution in [-0.2, 0) is 9.53 Å². The fourth-order valence-corrected chi connectivity index (χ4v) is 3.08. The van der Waals surface area contributed by atoms with Crippen molar-refractivity contribution in [3.8, 4) is 0 Å². The molecule has 4 heteroatoms. The highest BCUT2D eigenvalue weighted by Gasteiger charge is 2.29. The number of carbonyl (C=O) groups is 1. The second kappa shape index (κ2) is 5.48. The molecule has 0 aromatic heterocycles. The Kier molecular flexibility index (Phi) is 3.97. The maximum atomic E-state index is 11.7. The Morgan fingerprint density at radius 1 is 1.44 bits per heavy atom. The molecule has 96 valence electrons. The number of carbonyl (C=O) groups excluding carboxylic acids is 1. The van der Waals surface area contributed by atoms with Gasteiger partial charge in [-0.15, -0.1) is 0 Å². The van der Waals surface area contributed by atoms with Crippen LogP contribution in [0.25, 0.3) is 0 Å². The van der Waals surface area contributed by atoms with Gasteiger partial charge < -0.3 is 10.5 Å². The molecule has 0 radical (unpaired) electrons. The highest BCUT2D eigenvalue weighted by Crippen LogP contribution is 2.45. The standard InChI is InChI=1S/C14H17NO2S/c1-3-17-14(16)11-8-12(18-13(11)15)10-6-4-9(2)5-7-10/h4-7,12H,3,8,15H2,1-2H3. The van der Waals surface area contributed by atoms with Crippen molar-refractivity contribution in [1.29, 1.82) is 0 Å². The van der Waals surface area contributed by atoms with Gasteiger partial charge in [0.25, 0.3) is 0 Å². The zero-order valence-electron chi connectivity index (χ0n) is 10.6. The first-order valence-electron chi connectivity index (χ1n) is 6.00. The molecule has 2 N–H and O–H groups in total. The minimum Gasteiger partial charge on any atom is -0.463 e. The quantitative estimate of drug-likeness (QED) is 0.852. The first-order valence-corrected chi connectivity index (χ1v) is 6.88. The summed E-state index contributed by atoms with van der Waals surface area (Å²) in [6, 6.07) is 8.34. The van der Waals surface area contributed by atoms with Crippen LogP contribution in [0.1, 0.15) is 29.7 Å². The normalized spacial score (nSPS) is 19.1. The van der Waals surface area contributed by atoms with Gasteiger partial charge in [-0.2, -0.15) is 0 Å². The van der Waals surface area contributed by atoms with E-state index in [1.54, 1.807) is 18.7 Å². The highest BCUT2D eigenvalue weighted by molar-refractivity contribution is 8.03. The fraction of sp³-hybridized carbons (Fsp3) is 0.357. The van der Waals surface area contributed by atoms with E-state index < -0.39 is 0 Å². The maximum Gasteiger partial charge on any atom is 0.336 e. The molecular formula is C14H17NO2S. The number of esters is 1. The van der Waals surface area contributed by atoms with Crippen LogP contribution in [0.2, 0.25) is 0 Å². The summed E-state index contributed by atoms with van der Waals surface area (Å²) in [4.78, 5) is 11.7. The molecule has 1 aromatic carbocycles. The zero-order chi connectivity index (χ0) is 13.1. The molecule has 0 amide bonds. The van der Waals surface area contributed by atoms with E-state index >= 15 is 0 Å². The number of nitrogens with two attached hydrogens (primary N) is 1. The molecule has 3 nitrogen and oxygen atoms in total. The molecule has 18 heavy (non-hydrogen) atoms. The summed E-state index contributed by atoms with van der Waals surface area (Å²) in [5, 5.41) is 0.823. The molecule has 1 aliphatic heterocycles. The Morgan fingerprint density at radius 2 is 2.11 bits per heavy atom. The molecular weight excluding hydrogens is 246 g/mol. The van der Waals surface area contributed by atoms with E-state index in [1.807, 2.05) is 0 Å². The summed E-state index contributed by atoms with van der Waals surface area (Å²) in [5.74, 6) is -0.280. The molecule has 1 aliphatic rings. The van der Waals surface area contributed by atoms with Gasteiger partial charge in [0.05, 0.1) is 17.2 Å². The van der Waals surface area contributed by atoms with Crippen LogP contribution in [0.15, 0.2) is 34.9 Å². The Hall–Kier alpha value is -1.42. The van der Waals surface area contributed by atoms with Gasteiger partial charge in [0.1, 0.15) is 0 Å². The van der Waals surface area contributed by atoms with E-state index in [-0.39, 0.29) is 11.2 Å². The van der Waals surface area contributed by atoms with Crippen molar-refractivity contribution in [2.24, 2.45) is 5.73 Å². The summed E-state index contributed by atoms with van der Waals surface area (Å²) in [6.45, 7) is 4.24. The smallest absolute Gasteiger partial charge is 0.336 e. The van der Waals surface area contributed by atoms with Crippen molar-refractivity contribution in [2.75, 3.05) is 6.61 Å². The summed E-state index contributed by atoms with van der Waals surface area (Å²) in [7, 11) is 0. The molecule has 1 atom stereocenters. The fourth-order valence-electron chi connectivity index (χ4n) is 1.92. The number of hydrogen-bond donors (Lipinski definition) is 1. The number of ether oxygens (including phenoxy) is 1. The second-order valence-electron chi connectivity index (χ2n) is 4.28. The lowest BCUT2D eigenvalue weighted by Crippen LogP contribution is -2.10. The van der Waals surface area contributed by atoms with Crippen molar-refractivity contribution >= 4 is 17.7 Å². The van der Waals surface area contributed by atoms with Crippen LogP contribution in [-0.4, -0.2) is 12.6 Å². The first kappa shape index (κ1) is 13.0. The van der Waals surface area contributed by atoms with Gasteiger partial charge in [0, 0.05) is 5.25 Å². The van der Waals surface area contributed by atoms with Crippen LogP contribution < -0.4 is 5.73 Å². The van der Waals surface area contributed by atoms with E-state index in [0.29, 0.717) is 23.6 Å². The lowest BCUT2D eigenvalue weighted by molar-refractivity contribution is -0.138. The Bertz CT molecular complexity index is 479. The van der Waals surface area contributed by atoms with Gasteiger partial charge >= 0.3 is 5.97 Å². The first-order chi connectivity index (χ1) is 8.61. The number of benzene rings is 1. The molecule has 0 spiro atoms. The molecule has 1 unspecified atom stereocenters. The summed E-state index contributed by atoms with van der Waals surface area (Å²) in [5.41, 5.74) is 8.96. The molecule has 2 rings (SSSR count). The Morgan fingerprint density at radius 3 is 2.72 bits per heavy atom. The third kappa shape index (κ3) is 2.70. The van der Waals surface area contributed by atoms with Gasteiger partial charge in [0.2, 0.25) is 0 Å². The van der Waals surface area contributed by atoms with Gasteiger partial charge in [-0.1, -0.05) is 41.6 Å². The number of hydrogen-bond acceptors (Lipinski definition) is 4. The monoisotopic (exact) mass is 263 g/mol. The summed E-state index contributed by atoms with van der Waals surface area (Å²) >= 11 is 1.54. The molecule has 1 aromatic rings. The van der Waals surface area contributed by atoms with Crippen molar-refractivity contribution in [3.63, 3.8) is 0 Å². The van der Waals surface area contributed by atoms with Gasteiger partial charge in [-0.25, -0.2) is 4.79 Å². The van der Waals surface area contributed by atoms with Crippen molar-refractivity contribution < 1.29 is 9.53 Å². The van der Waals surface area contributed by atoms with Gasteiger partial charge in [0.15, 0.2) is 0 Å². The van der Waals surface area contributed by atoms with E-state index in [1.165, 1.54) is 11.1 Å². The van der Waals surface area contributed by atoms with Crippen molar-refractivity contribution in [3.05, 3.63) is 46.0 Å². The molecule has 0 fully saturated rings. The predicted octanol–water partition coefficient (Wildman–Crippen LogP) is 2.91. The van der Waals surface area contributed by atoms with Crippen LogP contribution >= 0.6 is 11.8 Å². The number of thioether (sulfide) groups is 1. The molecule has 0 bridgehead atoms. The Labute approximate surface area is 111 Å². The lowest BCUT2D eigenvalue weighted by atomic mass is 10.0. The zero-order valence-corrected chi connectivity index (χ0v) is 11.4. The van der Waals surface area contributed by atoms with E-state index in [9.17, 15) is 4.79 Å². The minimum absolute atomic E-state index is 0.227. The van der Waals surface area contributed by atoms with Gasteiger partial charge in [-0.05, 0) is 25.8 Å². The van der Waals surface area contributed by atoms with Crippen molar-refractivity contribution in [1.82, 2.24) is 0 Å². The molecule has 1 heterocycles. The number of rotatable bonds is 3. The summed E-state index contributed by atoms with van der Waals surface area (Å²) in [6.07, 6.45) is 0.651. The second-order valence-corrected chi connectivity index (χ2v) is 5.53. The maximum absolute atomic E-state index is 11.7. The highest BCUT2D eigenvalue weighted by atomic mass is 32.2. The average molecular weight is 263 g/mol. The Balaban J connectivity index is 2.10. The lowest BCUT2D eigenvalue weighted by Gasteiger charge is -2.09.